The highest BCUT2D eigenvalue weighted by Crippen LogP contribution is 2.21. The molecule has 2 aromatic rings. The van der Waals surface area contributed by atoms with Crippen molar-refractivity contribution in [1.82, 2.24) is 14.7 Å². The molecule has 1 aliphatic rings. The molecule has 6 heteroatoms. The summed E-state index contributed by atoms with van der Waals surface area (Å²) in [5, 5.41) is 4.59. The number of hydrogen-bond acceptors (Lipinski definition) is 3. The van der Waals surface area contributed by atoms with Gasteiger partial charge in [0.05, 0.1) is 22.9 Å². The molecule has 0 spiro atoms. The number of aromatic nitrogens is 2. The van der Waals surface area contributed by atoms with E-state index in [1.807, 2.05) is 46.1 Å². The van der Waals surface area contributed by atoms with Crippen LogP contribution in [0.25, 0.3) is 5.69 Å². The summed E-state index contributed by atoms with van der Waals surface area (Å²) in [4.78, 5) is 13.2. The molecular formula is C17H20BrN3O2. The zero-order chi connectivity index (χ0) is 16.2. The van der Waals surface area contributed by atoms with Gasteiger partial charge in [-0.25, -0.2) is 4.68 Å². The third kappa shape index (κ3) is 4.00. The van der Waals surface area contributed by atoms with Gasteiger partial charge >= 0.3 is 0 Å². The van der Waals surface area contributed by atoms with Crippen LogP contribution in [-0.2, 0) is 16.1 Å². The van der Waals surface area contributed by atoms with Crippen LogP contribution < -0.4 is 0 Å². The van der Waals surface area contributed by atoms with E-state index in [0.29, 0.717) is 6.61 Å². The van der Waals surface area contributed by atoms with Crippen LogP contribution in [0.15, 0.2) is 41.0 Å². The van der Waals surface area contributed by atoms with Crippen molar-refractivity contribution in [2.75, 3.05) is 13.1 Å². The van der Waals surface area contributed by atoms with E-state index >= 15 is 0 Å². The molecule has 1 aromatic carbocycles. The second-order valence-electron chi connectivity index (χ2n) is 5.72. The molecule has 5 nitrogen and oxygen atoms in total. The lowest BCUT2D eigenvalue weighted by atomic mass is 10.1. The van der Waals surface area contributed by atoms with Crippen LogP contribution in [-0.4, -0.2) is 39.8 Å². The average molecular weight is 378 g/mol. The third-order valence-corrected chi connectivity index (χ3v) is 4.77. The zero-order valence-corrected chi connectivity index (χ0v) is 14.7. The minimum absolute atomic E-state index is 0.146. The van der Waals surface area contributed by atoms with Crippen molar-refractivity contribution >= 4 is 21.8 Å². The normalized spacial score (nSPS) is 15.8. The highest BCUT2D eigenvalue weighted by Gasteiger charge is 2.21. The zero-order valence-electron chi connectivity index (χ0n) is 13.1. The molecule has 1 aliphatic heterocycles. The lowest BCUT2D eigenvalue weighted by Crippen LogP contribution is -2.39. The molecule has 3 rings (SSSR count). The molecule has 1 saturated heterocycles. The van der Waals surface area contributed by atoms with E-state index in [4.69, 9.17) is 4.74 Å². The summed E-state index contributed by atoms with van der Waals surface area (Å²) < 4.78 is 8.78. The smallest absolute Gasteiger partial charge is 0.219 e. The molecule has 0 radical (unpaired) electrons. The SMILES string of the molecule is CC(=O)N1CCC(OCc2nn(-c3ccccc3)cc2Br)CC1. The number of para-hydroxylation sites is 1. The maximum atomic E-state index is 11.3. The van der Waals surface area contributed by atoms with E-state index in [0.717, 1.165) is 41.8 Å². The van der Waals surface area contributed by atoms with Crippen molar-refractivity contribution in [1.29, 1.82) is 0 Å². The highest BCUT2D eigenvalue weighted by molar-refractivity contribution is 9.10. The largest absolute Gasteiger partial charge is 0.372 e. The van der Waals surface area contributed by atoms with Gasteiger partial charge in [0.25, 0.3) is 0 Å². The fourth-order valence-corrected chi connectivity index (χ4v) is 3.12. The van der Waals surface area contributed by atoms with Crippen LogP contribution in [0.4, 0.5) is 0 Å². The Balaban J connectivity index is 1.57. The molecule has 0 atom stereocenters. The number of carbonyl (C=O) groups is 1. The van der Waals surface area contributed by atoms with E-state index in [1.165, 1.54) is 0 Å². The number of hydrogen-bond donors (Lipinski definition) is 0. The summed E-state index contributed by atoms with van der Waals surface area (Å²) in [7, 11) is 0. The van der Waals surface area contributed by atoms with Crippen molar-refractivity contribution < 1.29 is 9.53 Å². The lowest BCUT2D eigenvalue weighted by Gasteiger charge is -2.31. The lowest BCUT2D eigenvalue weighted by molar-refractivity contribution is -0.131. The fourth-order valence-electron chi connectivity index (χ4n) is 2.73. The maximum absolute atomic E-state index is 11.3. The number of amides is 1. The Morgan fingerprint density at radius 1 is 1.30 bits per heavy atom. The van der Waals surface area contributed by atoms with E-state index in [-0.39, 0.29) is 12.0 Å². The van der Waals surface area contributed by atoms with Crippen molar-refractivity contribution in [2.45, 2.75) is 32.5 Å². The highest BCUT2D eigenvalue weighted by atomic mass is 79.9. The first-order valence-electron chi connectivity index (χ1n) is 7.80. The number of carbonyl (C=O) groups excluding carboxylic acids is 1. The predicted octanol–water partition coefficient (Wildman–Crippen LogP) is 3.16. The first-order valence-corrected chi connectivity index (χ1v) is 8.59. The summed E-state index contributed by atoms with van der Waals surface area (Å²) in [5.41, 5.74) is 1.91. The van der Waals surface area contributed by atoms with Crippen molar-refractivity contribution in [3.63, 3.8) is 0 Å². The second-order valence-corrected chi connectivity index (χ2v) is 6.57. The quantitative estimate of drug-likeness (QED) is 0.821. The number of ether oxygens (including phenoxy) is 1. The number of halogens is 1. The van der Waals surface area contributed by atoms with Crippen molar-refractivity contribution in [2.24, 2.45) is 0 Å². The Kier molecular flexibility index (Phi) is 5.13. The standard InChI is InChI=1S/C17H20BrN3O2/c1-13(22)20-9-7-15(8-10-20)23-12-17-16(18)11-21(19-17)14-5-3-2-4-6-14/h2-6,11,15H,7-10,12H2,1H3. The maximum Gasteiger partial charge on any atom is 0.219 e. The second kappa shape index (κ2) is 7.27. The van der Waals surface area contributed by atoms with E-state index < -0.39 is 0 Å². The molecule has 0 unspecified atom stereocenters. The van der Waals surface area contributed by atoms with Gasteiger partial charge in [-0.1, -0.05) is 18.2 Å². The number of rotatable bonds is 4. The minimum atomic E-state index is 0.146. The van der Waals surface area contributed by atoms with Crippen LogP contribution in [0.1, 0.15) is 25.5 Å². The summed E-state index contributed by atoms with van der Waals surface area (Å²) in [5.74, 6) is 0.146. The van der Waals surface area contributed by atoms with Gasteiger partial charge in [0.1, 0.15) is 5.69 Å². The third-order valence-electron chi connectivity index (χ3n) is 4.10. The van der Waals surface area contributed by atoms with Gasteiger partial charge in [0, 0.05) is 26.2 Å². The minimum Gasteiger partial charge on any atom is -0.372 e. The monoisotopic (exact) mass is 377 g/mol. The Bertz CT molecular complexity index is 664. The van der Waals surface area contributed by atoms with Gasteiger partial charge in [0.2, 0.25) is 5.91 Å². The fraction of sp³-hybridized carbons (Fsp3) is 0.412. The average Bonchev–Trinajstić information content (AvgIpc) is 2.95. The summed E-state index contributed by atoms with van der Waals surface area (Å²) >= 11 is 3.55. The molecule has 0 bridgehead atoms. The Labute approximate surface area is 144 Å². The van der Waals surface area contributed by atoms with Crippen LogP contribution in [0, 0.1) is 0 Å². The number of nitrogens with zero attached hydrogens (tertiary/aromatic N) is 3. The van der Waals surface area contributed by atoms with Gasteiger partial charge < -0.3 is 9.64 Å². The van der Waals surface area contributed by atoms with Gasteiger partial charge in [0.15, 0.2) is 0 Å². The predicted molar refractivity (Wildman–Crippen MR) is 91.3 cm³/mol. The molecule has 1 fully saturated rings. The Morgan fingerprint density at radius 3 is 2.65 bits per heavy atom. The van der Waals surface area contributed by atoms with Crippen LogP contribution >= 0.6 is 15.9 Å². The van der Waals surface area contributed by atoms with Gasteiger partial charge in [-0.2, -0.15) is 5.10 Å². The van der Waals surface area contributed by atoms with E-state index in [9.17, 15) is 4.79 Å². The van der Waals surface area contributed by atoms with Crippen molar-refractivity contribution in [3.8, 4) is 5.69 Å². The van der Waals surface area contributed by atoms with Gasteiger partial charge in [-0.15, -0.1) is 0 Å². The molecular weight excluding hydrogens is 358 g/mol. The Hall–Kier alpha value is -1.66. The molecule has 1 aromatic heterocycles. The Morgan fingerprint density at radius 2 is 2.00 bits per heavy atom. The van der Waals surface area contributed by atoms with Crippen LogP contribution in [0.5, 0.6) is 0 Å². The number of likely N-dealkylation sites (tertiary alicyclic amines) is 1. The first-order chi connectivity index (χ1) is 11.1. The molecule has 0 saturated carbocycles. The molecule has 122 valence electrons. The molecule has 2 heterocycles. The number of piperidine rings is 1. The van der Waals surface area contributed by atoms with Gasteiger partial charge in [-0.05, 0) is 40.9 Å². The summed E-state index contributed by atoms with van der Waals surface area (Å²) in [6.45, 7) is 3.65. The summed E-state index contributed by atoms with van der Waals surface area (Å²) in [6.07, 6.45) is 3.92. The molecule has 0 aliphatic carbocycles. The van der Waals surface area contributed by atoms with E-state index in [2.05, 4.69) is 21.0 Å². The molecule has 23 heavy (non-hydrogen) atoms. The van der Waals surface area contributed by atoms with Crippen LogP contribution in [0.2, 0.25) is 0 Å². The van der Waals surface area contributed by atoms with Gasteiger partial charge in [-0.3, -0.25) is 4.79 Å². The molecule has 1 amide bonds. The van der Waals surface area contributed by atoms with Crippen LogP contribution in [0.3, 0.4) is 0 Å². The first kappa shape index (κ1) is 16.2. The van der Waals surface area contributed by atoms with E-state index in [1.54, 1.807) is 6.92 Å². The van der Waals surface area contributed by atoms with Crippen molar-refractivity contribution in [3.05, 3.63) is 46.7 Å². The molecule has 0 N–H and O–H groups in total. The topological polar surface area (TPSA) is 47.4 Å². The summed E-state index contributed by atoms with van der Waals surface area (Å²) in [6, 6.07) is 10.00. The number of benzene rings is 1.